The van der Waals surface area contributed by atoms with Crippen molar-refractivity contribution in [2.75, 3.05) is 13.1 Å². The molecule has 1 saturated heterocycles. The van der Waals surface area contributed by atoms with Crippen LogP contribution in [0.1, 0.15) is 24.0 Å². The first kappa shape index (κ1) is 16.3. The van der Waals surface area contributed by atoms with Crippen LogP contribution in [0, 0.1) is 0 Å². The SMILES string of the molecule is O=C(Cc1ccc(O)c(O)c1)OC1(c2ccccc2)CCNCC1. The summed E-state index contributed by atoms with van der Waals surface area (Å²) in [6.45, 7) is 1.59. The topological polar surface area (TPSA) is 78.8 Å². The van der Waals surface area contributed by atoms with E-state index < -0.39 is 5.60 Å². The molecule has 1 heterocycles. The molecule has 0 aromatic heterocycles. The number of nitrogens with one attached hydrogen (secondary N) is 1. The van der Waals surface area contributed by atoms with Crippen molar-refractivity contribution in [1.82, 2.24) is 5.32 Å². The van der Waals surface area contributed by atoms with Gasteiger partial charge in [-0.05, 0) is 36.3 Å². The summed E-state index contributed by atoms with van der Waals surface area (Å²) >= 11 is 0. The Morgan fingerprint density at radius 3 is 2.42 bits per heavy atom. The number of carbonyl (C=O) groups excluding carboxylic acids is 1. The number of hydrogen-bond acceptors (Lipinski definition) is 5. The number of phenols is 2. The molecule has 0 bridgehead atoms. The van der Waals surface area contributed by atoms with Gasteiger partial charge in [-0.15, -0.1) is 0 Å². The van der Waals surface area contributed by atoms with Gasteiger partial charge in [-0.2, -0.15) is 0 Å². The van der Waals surface area contributed by atoms with Gasteiger partial charge in [0.1, 0.15) is 5.60 Å². The number of phenolic OH excluding ortho intramolecular Hbond substituents is 2. The van der Waals surface area contributed by atoms with Gasteiger partial charge in [0.25, 0.3) is 0 Å². The predicted octanol–water partition coefficient (Wildman–Crippen LogP) is 2.46. The van der Waals surface area contributed by atoms with Gasteiger partial charge in [0.15, 0.2) is 11.5 Å². The lowest BCUT2D eigenvalue weighted by Gasteiger charge is -2.37. The second-order valence-electron chi connectivity index (χ2n) is 6.08. The Balaban J connectivity index is 1.77. The fourth-order valence-corrected chi connectivity index (χ4v) is 3.12. The van der Waals surface area contributed by atoms with Gasteiger partial charge in [0, 0.05) is 12.8 Å². The van der Waals surface area contributed by atoms with Gasteiger partial charge < -0.3 is 20.3 Å². The minimum Gasteiger partial charge on any atom is -0.504 e. The molecule has 1 aliphatic heterocycles. The summed E-state index contributed by atoms with van der Waals surface area (Å²) in [6.07, 6.45) is 1.50. The van der Waals surface area contributed by atoms with E-state index in [1.807, 2.05) is 30.3 Å². The lowest BCUT2D eigenvalue weighted by molar-refractivity contribution is -0.163. The van der Waals surface area contributed by atoms with Crippen LogP contribution in [0.5, 0.6) is 11.5 Å². The maximum Gasteiger partial charge on any atom is 0.311 e. The van der Waals surface area contributed by atoms with E-state index in [2.05, 4.69) is 5.32 Å². The van der Waals surface area contributed by atoms with Crippen LogP contribution in [0.4, 0.5) is 0 Å². The van der Waals surface area contributed by atoms with Crippen molar-refractivity contribution in [1.29, 1.82) is 0 Å². The molecule has 5 heteroatoms. The molecule has 3 N–H and O–H groups in total. The van der Waals surface area contributed by atoms with Crippen LogP contribution in [-0.2, 0) is 21.6 Å². The molecular weight excluding hydrogens is 306 g/mol. The molecule has 0 aliphatic carbocycles. The van der Waals surface area contributed by atoms with Crippen molar-refractivity contribution in [3.8, 4) is 11.5 Å². The maximum absolute atomic E-state index is 12.5. The van der Waals surface area contributed by atoms with Crippen LogP contribution in [0.25, 0.3) is 0 Å². The Labute approximate surface area is 140 Å². The number of carbonyl (C=O) groups is 1. The first-order valence-electron chi connectivity index (χ1n) is 8.08. The summed E-state index contributed by atoms with van der Waals surface area (Å²) in [5, 5.41) is 22.2. The Hall–Kier alpha value is -2.53. The zero-order valence-electron chi connectivity index (χ0n) is 13.4. The van der Waals surface area contributed by atoms with E-state index in [9.17, 15) is 15.0 Å². The highest BCUT2D eigenvalue weighted by Gasteiger charge is 2.37. The monoisotopic (exact) mass is 327 g/mol. The van der Waals surface area contributed by atoms with Crippen molar-refractivity contribution in [3.63, 3.8) is 0 Å². The van der Waals surface area contributed by atoms with E-state index in [4.69, 9.17) is 4.74 Å². The van der Waals surface area contributed by atoms with Gasteiger partial charge in [0.05, 0.1) is 6.42 Å². The van der Waals surface area contributed by atoms with Gasteiger partial charge in [-0.1, -0.05) is 36.4 Å². The van der Waals surface area contributed by atoms with Gasteiger partial charge in [0.2, 0.25) is 0 Å². The molecule has 1 aliphatic rings. The summed E-state index contributed by atoms with van der Waals surface area (Å²) in [6, 6.07) is 14.2. The first-order valence-corrected chi connectivity index (χ1v) is 8.08. The maximum atomic E-state index is 12.5. The molecule has 24 heavy (non-hydrogen) atoms. The average molecular weight is 327 g/mol. The predicted molar refractivity (Wildman–Crippen MR) is 89.8 cm³/mol. The van der Waals surface area contributed by atoms with Gasteiger partial charge in [-0.3, -0.25) is 4.79 Å². The van der Waals surface area contributed by atoms with E-state index in [1.165, 1.54) is 12.1 Å². The average Bonchev–Trinajstić information content (AvgIpc) is 2.60. The summed E-state index contributed by atoms with van der Waals surface area (Å²) in [4.78, 5) is 12.5. The molecular formula is C19H21NO4. The third-order valence-corrected chi connectivity index (χ3v) is 4.41. The van der Waals surface area contributed by atoms with Crippen LogP contribution in [0.2, 0.25) is 0 Å². The fraction of sp³-hybridized carbons (Fsp3) is 0.316. The largest absolute Gasteiger partial charge is 0.504 e. The standard InChI is InChI=1S/C19H21NO4/c21-16-7-6-14(12-17(16)22)13-18(23)24-19(8-10-20-11-9-19)15-4-2-1-3-5-15/h1-7,12,20-22H,8-11,13H2. The fourth-order valence-electron chi connectivity index (χ4n) is 3.12. The van der Waals surface area contributed by atoms with Gasteiger partial charge >= 0.3 is 5.97 Å². The van der Waals surface area contributed by atoms with Crippen molar-refractivity contribution >= 4 is 5.97 Å². The molecule has 2 aromatic rings. The highest BCUT2D eigenvalue weighted by Crippen LogP contribution is 2.35. The quantitative estimate of drug-likeness (QED) is 0.594. The molecule has 2 aromatic carbocycles. The molecule has 5 nitrogen and oxygen atoms in total. The van der Waals surface area contributed by atoms with Crippen molar-refractivity contribution in [2.24, 2.45) is 0 Å². The lowest BCUT2D eigenvalue weighted by atomic mass is 9.84. The van der Waals surface area contributed by atoms with Crippen LogP contribution < -0.4 is 5.32 Å². The van der Waals surface area contributed by atoms with Crippen LogP contribution in [-0.4, -0.2) is 29.3 Å². The molecule has 0 spiro atoms. The van der Waals surface area contributed by atoms with E-state index in [0.29, 0.717) is 5.56 Å². The molecule has 0 unspecified atom stereocenters. The summed E-state index contributed by atoms with van der Waals surface area (Å²) < 4.78 is 5.92. The van der Waals surface area contributed by atoms with Gasteiger partial charge in [-0.25, -0.2) is 0 Å². The Morgan fingerprint density at radius 2 is 1.75 bits per heavy atom. The summed E-state index contributed by atoms with van der Waals surface area (Å²) in [5.74, 6) is -0.781. The van der Waals surface area contributed by atoms with Crippen molar-refractivity contribution in [3.05, 3.63) is 59.7 Å². The highest BCUT2D eigenvalue weighted by atomic mass is 16.6. The number of rotatable bonds is 4. The lowest BCUT2D eigenvalue weighted by Crippen LogP contribution is -2.43. The molecule has 0 atom stereocenters. The summed E-state index contributed by atoms with van der Waals surface area (Å²) in [7, 11) is 0. The smallest absolute Gasteiger partial charge is 0.311 e. The number of benzene rings is 2. The van der Waals surface area contributed by atoms with Crippen LogP contribution in [0.3, 0.4) is 0 Å². The third-order valence-electron chi connectivity index (χ3n) is 4.41. The van der Waals surface area contributed by atoms with E-state index in [1.54, 1.807) is 6.07 Å². The molecule has 3 rings (SSSR count). The molecule has 0 amide bonds. The number of esters is 1. The number of piperidine rings is 1. The van der Waals surface area contributed by atoms with E-state index >= 15 is 0 Å². The number of hydrogen-bond donors (Lipinski definition) is 3. The molecule has 0 radical (unpaired) electrons. The second kappa shape index (κ2) is 6.93. The molecule has 126 valence electrons. The Kier molecular flexibility index (Phi) is 4.71. The molecule has 0 saturated carbocycles. The second-order valence-corrected chi connectivity index (χ2v) is 6.08. The number of ether oxygens (including phenoxy) is 1. The van der Waals surface area contributed by atoms with Crippen molar-refractivity contribution in [2.45, 2.75) is 24.9 Å². The zero-order chi connectivity index (χ0) is 17.0. The minimum absolute atomic E-state index is 0.0514. The van der Waals surface area contributed by atoms with Crippen LogP contribution >= 0.6 is 0 Å². The van der Waals surface area contributed by atoms with E-state index in [-0.39, 0.29) is 23.9 Å². The zero-order valence-corrected chi connectivity index (χ0v) is 13.4. The minimum atomic E-state index is -0.609. The highest BCUT2D eigenvalue weighted by molar-refractivity contribution is 5.73. The first-order chi connectivity index (χ1) is 11.6. The number of aromatic hydroxyl groups is 2. The summed E-state index contributed by atoms with van der Waals surface area (Å²) in [5.41, 5.74) is 1.00. The Bertz CT molecular complexity index is 709. The van der Waals surface area contributed by atoms with Crippen molar-refractivity contribution < 1.29 is 19.7 Å². The normalized spacial score (nSPS) is 16.5. The van der Waals surface area contributed by atoms with E-state index in [0.717, 1.165) is 31.5 Å². The Morgan fingerprint density at radius 1 is 1.04 bits per heavy atom. The van der Waals surface area contributed by atoms with Crippen LogP contribution in [0.15, 0.2) is 48.5 Å². The molecule has 1 fully saturated rings. The third kappa shape index (κ3) is 3.51.